The molecule has 2 heterocycles. The fourth-order valence-electron chi connectivity index (χ4n) is 6.65. The van der Waals surface area contributed by atoms with Crippen LogP contribution >= 0.6 is 11.3 Å². The molecular formula is C27H37N3O3S. The molecule has 1 aromatic heterocycles. The van der Waals surface area contributed by atoms with Gasteiger partial charge in [-0.15, -0.1) is 11.3 Å². The van der Waals surface area contributed by atoms with Gasteiger partial charge in [0.1, 0.15) is 0 Å². The van der Waals surface area contributed by atoms with Crippen molar-refractivity contribution in [1.82, 2.24) is 9.88 Å². The van der Waals surface area contributed by atoms with Gasteiger partial charge in [0.15, 0.2) is 5.13 Å². The molecule has 0 radical (unpaired) electrons. The van der Waals surface area contributed by atoms with Crippen molar-refractivity contribution in [3.05, 3.63) is 46.5 Å². The van der Waals surface area contributed by atoms with E-state index in [1.165, 1.54) is 10.4 Å². The first-order valence-electron chi connectivity index (χ1n) is 12.7. The Labute approximate surface area is 206 Å². The second kappa shape index (κ2) is 9.59. The molecule has 2 N–H and O–H groups in total. The summed E-state index contributed by atoms with van der Waals surface area (Å²) in [6.07, 6.45) is 2.39. The van der Waals surface area contributed by atoms with Gasteiger partial charge in [-0.2, -0.15) is 0 Å². The quantitative estimate of drug-likeness (QED) is 0.663. The van der Waals surface area contributed by atoms with Crippen molar-refractivity contribution in [3.8, 4) is 0 Å². The van der Waals surface area contributed by atoms with E-state index in [1.54, 1.807) is 11.3 Å². The Morgan fingerprint density at radius 3 is 2.79 bits per heavy atom. The maximum atomic E-state index is 13.2. The number of thiazole rings is 1. The zero-order valence-electron chi connectivity index (χ0n) is 20.5. The van der Waals surface area contributed by atoms with Gasteiger partial charge < -0.3 is 20.1 Å². The lowest BCUT2D eigenvalue weighted by Gasteiger charge is -2.53. The molecule has 2 fully saturated rings. The van der Waals surface area contributed by atoms with Gasteiger partial charge in [0.05, 0.1) is 25.0 Å². The number of amides is 1. The summed E-state index contributed by atoms with van der Waals surface area (Å²) in [6.45, 7) is 9.86. The van der Waals surface area contributed by atoms with Crippen molar-refractivity contribution in [2.45, 2.75) is 58.6 Å². The van der Waals surface area contributed by atoms with Crippen LogP contribution in [0.3, 0.4) is 0 Å². The third-order valence-corrected chi connectivity index (χ3v) is 9.59. The third kappa shape index (κ3) is 4.38. The van der Waals surface area contributed by atoms with Crippen molar-refractivity contribution in [1.29, 1.82) is 0 Å². The first-order valence-corrected chi connectivity index (χ1v) is 13.5. The lowest BCUT2D eigenvalue weighted by atomic mass is 9.53. The largest absolute Gasteiger partial charge is 0.392 e. The maximum absolute atomic E-state index is 13.2. The Morgan fingerprint density at radius 2 is 2.06 bits per heavy atom. The lowest BCUT2D eigenvalue weighted by molar-refractivity contribution is -0.148. The summed E-state index contributed by atoms with van der Waals surface area (Å²) in [5.41, 5.74) is 2.41. The Bertz CT molecular complexity index is 1010. The third-order valence-electron chi connectivity index (χ3n) is 8.56. The Balaban J connectivity index is 1.32. The van der Waals surface area contributed by atoms with E-state index >= 15 is 0 Å². The zero-order chi connectivity index (χ0) is 23.9. The molecule has 0 spiro atoms. The molecule has 1 aliphatic heterocycles. The highest BCUT2D eigenvalue weighted by Crippen LogP contribution is 2.57. The highest BCUT2D eigenvalue weighted by Gasteiger charge is 2.54. The molecule has 184 valence electrons. The average Bonchev–Trinajstić information content (AvgIpc) is 3.26. The predicted octanol–water partition coefficient (Wildman–Crippen LogP) is 4.30. The monoisotopic (exact) mass is 483 g/mol. The summed E-state index contributed by atoms with van der Waals surface area (Å²) in [5, 5.41) is 16.1. The summed E-state index contributed by atoms with van der Waals surface area (Å²) < 4.78 is 5.42. The number of anilines is 1. The maximum Gasteiger partial charge on any atom is 0.225 e. The molecule has 2 aliphatic carbocycles. The first kappa shape index (κ1) is 23.8. The van der Waals surface area contributed by atoms with Gasteiger partial charge >= 0.3 is 0 Å². The minimum atomic E-state index is -0.496. The standard InChI is InChI=1S/C27H37N3O3S/c1-17(25(32)30-11-13-33-14-12-30)20-9-10-27(3)15-21-23(18(2)22(27)24(20)31)29-26(34-21)28-16-19-7-5-4-6-8-19/h4-8,17-18,20,22,24,31H,9-16H2,1-3H3,(H,28,29)/t17-,18-,20+,22+,24-,27-/m0/s1. The number of carbonyl (C=O) groups excluding carboxylic acids is 1. The molecule has 1 saturated carbocycles. The fraction of sp³-hybridized carbons (Fsp3) is 0.630. The normalized spacial score (nSPS) is 31.9. The molecule has 0 unspecified atom stereocenters. The van der Waals surface area contributed by atoms with Crippen LogP contribution in [0.1, 0.15) is 55.7 Å². The van der Waals surface area contributed by atoms with Crippen molar-refractivity contribution in [2.24, 2.45) is 23.2 Å². The highest BCUT2D eigenvalue weighted by molar-refractivity contribution is 7.15. The number of hydrogen-bond donors (Lipinski definition) is 2. The number of fused-ring (bicyclic) bond motifs is 2. The van der Waals surface area contributed by atoms with Crippen molar-refractivity contribution in [3.63, 3.8) is 0 Å². The Kier molecular flexibility index (Phi) is 6.70. The molecule has 34 heavy (non-hydrogen) atoms. The van der Waals surface area contributed by atoms with Crippen LogP contribution in [-0.2, 0) is 22.5 Å². The topological polar surface area (TPSA) is 74.7 Å². The van der Waals surface area contributed by atoms with Crippen LogP contribution < -0.4 is 5.32 Å². The van der Waals surface area contributed by atoms with Crippen molar-refractivity contribution >= 4 is 22.4 Å². The molecule has 5 rings (SSSR count). The summed E-state index contributed by atoms with van der Waals surface area (Å²) in [6, 6.07) is 10.4. The van der Waals surface area contributed by atoms with Crippen LogP contribution in [0.15, 0.2) is 30.3 Å². The molecular weight excluding hydrogens is 446 g/mol. The second-order valence-electron chi connectivity index (χ2n) is 10.7. The highest BCUT2D eigenvalue weighted by atomic mass is 32.1. The average molecular weight is 484 g/mol. The molecule has 7 heteroatoms. The molecule has 1 aromatic carbocycles. The number of rotatable bonds is 5. The van der Waals surface area contributed by atoms with Crippen LogP contribution in [0, 0.1) is 23.2 Å². The van der Waals surface area contributed by atoms with E-state index in [4.69, 9.17) is 9.72 Å². The summed E-state index contributed by atoms with van der Waals surface area (Å²) in [7, 11) is 0. The molecule has 6 atom stereocenters. The van der Waals surface area contributed by atoms with Crippen molar-refractivity contribution in [2.75, 3.05) is 31.6 Å². The molecule has 0 bridgehead atoms. The minimum absolute atomic E-state index is 0.00766. The molecule has 1 saturated heterocycles. The molecule has 3 aliphatic rings. The number of ether oxygens (including phenoxy) is 1. The Hall–Kier alpha value is -1.96. The van der Waals surface area contributed by atoms with Gasteiger partial charge in [0, 0.05) is 36.3 Å². The van der Waals surface area contributed by atoms with Crippen LogP contribution in [0.25, 0.3) is 0 Å². The van der Waals surface area contributed by atoms with Crippen LogP contribution in [0.4, 0.5) is 5.13 Å². The summed E-state index contributed by atoms with van der Waals surface area (Å²) >= 11 is 1.77. The van der Waals surface area contributed by atoms with E-state index < -0.39 is 6.10 Å². The van der Waals surface area contributed by atoms with Gasteiger partial charge in [-0.25, -0.2) is 4.98 Å². The van der Waals surface area contributed by atoms with Gasteiger partial charge in [0.2, 0.25) is 5.91 Å². The van der Waals surface area contributed by atoms with E-state index in [2.05, 4.69) is 43.4 Å². The van der Waals surface area contributed by atoms with Gasteiger partial charge in [-0.05, 0) is 42.1 Å². The van der Waals surface area contributed by atoms with Gasteiger partial charge in [-0.3, -0.25) is 4.79 Å². The SMILES string of the molecule is C[C@H](C(=O)N1CCOCC1)[C@H]1CC[C@@]2(C)Cc3sc(NCc4ccccc4)nc3[C@@H](C)[C@@H]2[C@H]1O. The number of carbonyl (C=O) groups is 1. The number of aliphatic hydroxyl groups is 1. The molecule has 2 aromatic rings. The first-order chi connectivity index (χ1) is 16.4. The van der Waals surface area contributed by atoms with Crippen LogP contribution in [-0.4, -0.2) is 53.3 Å². The zero-order valence-corrected chi connectivity index (χ0v) is 21.3. The minimum Gasteiger partial charge on any atom is -0.392 e. The number of hydrogen-bond acceptors (Lipinski definition) is 6. The summed E-state index contributed by atoms with van der Waals surface area (Å²) in [5.74, 6) is 0.265. The van der Waals surface area contributed by atoms with Crippen molar-refractivity contribution < 1.29 is 14.6 Å². The smallest absolute Gasteiger partial charge is 0.225 e. The summed E-state index contributed by atoms with van der Waals surface area (Å²) in [4.78, 5) is 21.5. The van der Waals surface area contributed by atoms with Gasteiger partial charge in [-0.1, -0.05) is 51.1 Å². The number of aliphatic hydroxyl groups excluding tert-OH is 1. The number of aromatic nitrogens is 1. The Morgan fingerprint density at radius 1 is 1.32 bits per heavy atom. The molecule has 6 nitrogen and oxygen atoms in total. The van der Waals surface area contributed by atoms with Gasteiger partial charge in [0.25, 0.3) is 0 Å². The fourth-order valence-corrected chi connectivity index (χ4v) is 7.91. The second-order valence-corrected chi connectivity index (χ2v) is 11.8. The lowest BCUT2D eigenvalue weighted by Crippen LogP contribution is -2.54. The molecule has 1 amide bonds. The van der Waals surface area contributed by atoms with E-state index in [9.17, 15) is 9.90 Å². The van der Waals surface area contributed by atoms with Crippen LogP contribution in [0.5, 0.6) is 0 Å². The predicted molar refractivity (Wildman–Crippen MR) is 135 cm³/mol. The number of morpholine rings is 1. The van der Waals surface area contributed by atoms with E-state index in [0.29, 0.717) is 26.3 Å². The number of benzene rings is 1. The van der Waals surface area contributed by atoms with E-state index in [-0.39, 0.29) is 35.0 Å². The van der Waals surface area contributed by atoms with Crippen LogP contribution in [0.2, 0.25) is 0 Å². The van der Waals surface area contributed by atoms with E-state index in [0.717, 1.165) is 36.6 Å². The van der Waals surface area contributed by atoms with E-state index in [1.807, 2.05) is 17.9 Å². The number of nitrogens with one attached hydrogen (secondary N) is 1. The number of nitrogens with zero attached hydrogens (tertiary/aromatic N) is 2.